The van der Waals surface area contributed by atoms with Crippen LogP contribution >= 0.6 is 0 Å². The smallest absolute Gasteiger partial charge is 0.152 e. The molecule has 1 heterocycles. The summed E-state index contributed by atoms with van der Waals surface area (Å²) < 4.78 is 0. The van der Waals surface area contributed by atoms with Gasteiger partial charge in [-0.2, -0.15) is 0 Å². The van der Waals surface area contributed by atoms with Crippen molar-refractivity contribution in [1.29, 1.82) is 5.41 Å². The maximum Gasteiger partial charge on any atom is 0.152 e. The topological polar surface area (TPSA) is 53.8 Å². The van der Waals surface area contributed by atoms with Gasteiger partial charge < -0.3 is 5.41 Å². The second kappa shape index (κ2) is 4.46. The highest BCUT2D eigenvalue weighted by molar-refractivity contribution is 6.09. The van der Waals surface area contributed by atoms with Gasteiger partial charge in [0, 0.05) is 18.0 Å². The minimum atomic E-state index is -0.0590. The summed E-state index contributed by atoms with van der Waals surface area (Å²) in [6.07, 6.45) is 6.18. The lowest BCUT2D eigenvalue weighted by Crippen LogP contribution is -1.99. The van der Waals surface area contributed by atoms with E-state index in [0.717, 1.165) is 11.1 Å². The zero-order valence-electron chi connectivity index (χ0n) is 8.24. The van der Waals surface area contributed by atoms with Crippen LogP contribution in [0.1, 0.15) is 18.1 Å². The van der Waals surface area contributed by atoms with E-state index in [4.69, 9.17) is 5.41 Å². The van der Waals surface area contributed by atoms with Crippen LogP contribution in [0.4, 0.5) is 0 Å². The van der Waals surface area contributed by atoms with Gasteiger partial charge in [-0.3, -0.25) is 9.78 Å². The highest BCUT2D eigenvalue weighted by atomic mass is 16.1. The molecule has 0 fully saturated rings. The summed E-state index contributed by atoms with van der Waals surface area (Å²) in [5.41, 5.74) is 2.05. The van der Waals surface area contributed by atoms with E-state index in [1.165, 1.54) is 19.1 Å². The average molecular weight is 188 g/mol. The van der Waals surface area contributed by atoms with Crippen LogP contribution in [0.25, 0.3) is 0 Å². The number of nitrogens with one attached hydrogen (secondary N) is 1. The van der Waals surface area contributed by atoms with Crippen molar-refractivity contribution >= 4 is 11.5 Å². The molecular formula is C11H12N2O. The number of nitrogens with zero attached hydrogens (tertiary/aromatic N) is 1. The van der Waals surface area contributed by atoms with Crippen molar-refractivity contribution in [2.45, 2.75) is 13.8 Å². The van der Waals surface area contributed by atoms with Gasteiger partial charge in [0.1, 0.15) is 0 Å². The molecule has 0 bridgehead atoms. The number of ketones is 1. The molecular weight excluding hydrogens is 176 g/mol. The van der Waals surface area contributed by atoms with Crippen LogP contribution in [0.3, 0.4) is 0 Å². The fourth-order valence-electron chi connectivity index (χ4n) is 1.04. The summed E-state index contributed by atoms with van der Waals surface area (Å²) in [7, 11) is 0. The first-order chi connectivity index (χ1) is 6.61. The number of allylic oxidation sites excluding steroid dienone is 2. The Hall–Kier alpha value is -1.77. The average Bonchev–Trinajstić information content (AvgIpc) is 2.15. The molecule has 0 saturated heterocycles. The second-order valence-electron chi connectivity index (χ2n) is 3.05. The third-order valence-corrected chi connectivity index (χ3v) is 1.81. The van der Waals surface area contributed by atoms with Crippen molar-refractivity contribution in [3.8, 4) is 0 Å². The van der Waals surface area contributed by atoms with Gasteiger partial charge in [-0.05, 0) is 37.6 Å². The summed E-state index contributed by atoms with van der Waals surface area (Å²) in [5, 5.41) is 7.68. The lowest BCUT2D eigenvalue weighted by atomic mass is 10.1. The molecule has 3 nitrogen and oxygen atoms in total. The molecule has 0 spiro atoms. The Morgan fingerprint density at radius 1 is 1.50 bits per heavy atom. The Labute approximate surface area is 83.0 Å². The Kier molecular flexibility index (Phi) is 3.29. The molecule has 0 atom stereocenters. The van der Waals surface area contributed by atoms with Crippen LogP contribution in [0, 0.1) is 12.3 Å². The van der Waals surface area contributed by atoms with E-state index < -0.39 is 0 Å². The number of hydrogen-bond donors (Lipinski definition) is 1. The lowest BCUT2D eigenvalue weighted by Gasteiger charge is -2.01. The van der Waals surface area contributed by atoms with Crippen LogP contribution < -0.4 is 0 Å². The van der Waals surface area contributed by atoms with Crippen molar-refractivity contribution in [2.24, 2.45) is 0 Å². The molecule has 3 heteroatoms. The molecule has 1 rings (SSSR count). The number of aromatic nitrogens is 1. The standard InChI is InChI=1S/C11H12N2O/c1-8-5-6-13-7-10(8)11(12)4-3-9(2)14/h3-7,12H,1-2H3/b4-3-,12-11?. The molecule has 0 radical (unpaired) electrons. The molecule has 0 aliphatic carbocycles. The van der Waals surface area contributed by atoms with Crippen LogP contribution in [0.5, 0.6) is 0 Å². The monoisotopic (exact) mass is 188 g/mol. The minimum Gasteiger partial charge on any atom is -0.300 e. The molecule has 1 N–H and O–H groups in total. The normalized spacial score (nSPS) is 10.4. The molecule has 0 saturated carbocycles. The summed E-state index contributed by atoms with van der Waals surface area (Å²) in [5.74, 6) is -0.0590. The third-order valence-electron chi connectivity index (χ3n) is 1.81. The zero-order chi connectivity index (χ0) is 10.6. The van der Waals surface area contributed by atoms with Gasteiger partial charge in [0.15, 0.2) is 5.78 Å². The van der Waals surface area contributed by atoms with Crippen molar-refractivity contribution < 1.29 is 4.79 Å². The van der Waals surface area contributed by atoms with Gasteiger partial charge in [0.05, 0.1) is 5.71 Å². The molecule has 1 aromatic heterocycles. The van der Waals surface area contributed by atoms with Gasteiger partial charge in [-0.1, -0.05) is 0 Å². The lowest BCUT2D eigenvalue weighted by molar-refractivity contribution is -0.112. The quantitative estimate of drug-likeness (QED) is 0.581. The second-order valence-corrected chi connectivity index (χ2v) is 3.05. The van der Waals surface area contributed by atoms with Crippen LogP contribution in [0.15, 0.2) is 30.6 Å². The Bertz CT molecular complexity index is 394. The van der Waals surface area contributed by atoms with Gasteiger partial charge in [0.2, 0.25) is 0 Å². The van der Waals surface area contributed by atoms with E-state index in [1.807, 2.05) is 13.0 Å². The Morgan fingerprint density at radius 3 is 2.79 bits per heavy atom. The zero-order valence-corrected chi connectivity index (χ0v) is 8.24. The molecule has 0 amide bonds. The number of aryl methyl sites for hydroxylation is 1. The number of hydrogen-bond acceptors (Lipinski definition) is 3. The largest absolute Gasteiger partial charge is 0.300 e. The molecule has 0 aliphatic heterocycles. The highest BCUT2D eigenvalue weighted by Crippen LogP contribution is 2.06. The summed E-state index contributed by atoms with van der Waals surface area (Å²) in [4.78, 5) is 14.6. The van der Waals surface area contributed by atoms with Crippen LogP contribution in [-0.2, 0) is 4.79 Å². The molecule has 1 aromatic rings. The number of carbonyl (C=O) groups excluding carboxylic acids is 1. The van der Waals surface area contributed by atoms with Crippen LogP contribution in [-0.4, -0.2) is 16.5 Å². The van der Waals surface area contributed by atoms with E-state index in [9.17, 15) is 4.79 Å². The summed E-state index contributed by atoms with van der Waals surface area (Å²) in [6, 6.07) is 1.84. The number of pyridine rings is 1. The highest BCUT2D eigenvalue weighted by Gasteiger charge is 2.00. The van der Waals surface area contributed by atoms with Crippen LogP contribution in [0.2, 0.25) is 0 Å². The molecule has 0 aliphatic rings. The molecule has 72 valence electrons. The third kappa shape index (κ3) is 2.62. The van der Waals surface area contributed by atoms with E-state index in [1.54, 1.807) is 12.4 Å². The van der Waals surface area contributed by atoms with Gasteiger partial charge in [0.25, 0.3) is 0 Å². The van der Waals surface area contributed by atoms with E-state index in [-0.39, 0.29) is 5.78 Å². The van der Waals surface area contributed by atoms with E-state index >= 15 is 0 Å². The predicted octanol–water partition coefficient (Wildman–Crippen LogP) is 1.90. The van der Waals surface area contributed by atoms with Crippen molar-refractivity contribution in [1.82, 2.24) is 4.98 Å². The van der Waals surface area contributed by atoms with E-state index in [0.29, 0.717) is 5.71 Å². The van der Waals surface area contributed by atoms with Gasteiger partial charge in [-0.25, -0.2) is 0 Å². The SMILES string of the molecule is CC(=O)/C=C\C(=N)c1cnccc1C. The number of carbonyl (C=O) groups is 1. The first-order valence-electron chi connectivity index (χ1n) is 4.29. The molecule has 0 unspecified atom stereocenters. The maximum atomic E-state index is 10.7. The maximum absolute atomic E-state index is 10.7. The van der Waals surface area contributed by atoms with Crippen molar-refractivity contribution in [2.75, 3.05) is 0 Å². The summed E-state index contributed by atoms with van der Waals surface area (Å²) >= 11 is 0. The fourth-order valence-corrected chi connectivity index (χ4v) is 1.04. The van der Waals surface area contributed by atoms with Crippen molar-refractivity contribution in [3.63, 3.8) is 0 Å². The van der Waals surface area contributed by atoms with Gasteiger partial charge in [-0.15, -0.1) is 0 Å². The first-order valence-corrected chi connectivity index (χ1v) is 4.29. The molecule has 14 heavy (non-hydrogen) atoms. The number of rotatable bonds is 3. The Morgan fingerprint density at radius 2 is 2.21 bits per heavy atom. The first kappa shape index (κ1) is 10.3. The van der Waals surface area contributed by atoms with Crippen molar-refractivity contribution in [3.05, 3.63) is 41.7 Å². The predicted molar refractivity (Wildman–Crippen MR) is 55.6 cm³/mol. The van der Waals surface area contributed by atoms with Gasteiger partial charge >= 0.3 is 0 Å². The Balaban J connectivity index is 2.91. The minimum absolute atomic E-state index is 0.0590. The van der Waals surface area contributed by atoms with E-state index in [2.05, 4.69) is 4.98 Å². The fraction of sp³-hybridized carbons (Fsp3) is 0.182. The molecule has 0 aromatic carbocycles. The summed E-state index contributed by atoms with van der Waals surface area (Å²) in [6.45, 7) is 3.37.